The van der Waals surface area contributed by atoms with Gasteiger partial charge in [-0.25, -0.2) is 12.8 Å². The number of primary amides is 1. The average molecular weight is 447 g/mol. The Balaban J connectivity index is 1.64. The van der Waals surface area contributed by atoms with Gasteiger partial charge < -0.3 is 11.1 Å². The van der Waals surface area contributed by atoms with E-state index in [1.54, 1.807) is 6.07 Å². The molecule has 0 bridgehead atoms. The SMILES string of the molecule is NC(=O)c1cc(-c2ccccc2)sc1NC(=O)CCCS(=O)(=O)c1ccc(F)cc1. The Bertz CT molecular complexity index is 1160. The second-order valence-electron chi connectivity index (χ2n) is 6.51. The van der Waals surface area contributed by atoms with Crippen LogP contribution in [0.2, 0.25) is 0 Å². The normalized spacial score (nSPS) is 11.2. The maximum absolute atomic E-state index is 13.0. The molecule has 3 rings (SSSR count). The van der Waals surface area contributed by atoms with Gasteiger partial charge in [0, 0.05) is 11.3 Å². The van der Waals surface area contributed by atoms with Crippen molar-refractivity contribution < 1.29 is 22.4 Å². The average Bonchev–Trinajstić information content (AvgIpc) is 3.13. The summed E-state index contributed by atoms with van der Waals surface area (Å²) in [5.74, 6) is -1.87. The monoisotopic (exact) mass is 446 g/mol. The maximum Gasteiger partial charge on any atom is 0.251 e. The van der Waals surface area contributed by atoms with E-state index in [4.69, 9.17) is 5.73 Å². The Labute approximate surface area is 177 Å². The number of thiophene rings is 1. The molecule has 3 N–H and O–H groups in total. The number of hydrogen-bond acceptors (Lipinski definition) is 5. The van der Waals surface area contributed by atoms with Crippen molar-refractivity contribution >= 4 is 38.0 Å². The summed E-state index contributed by atoms with van der Waals surface area (Å²) < 4.78 is 37.5. The minimum absolute atomic E-state index is 0.00563. The Kier molecular flexibility index (Phi) is 6.63. The predicted octanol–water partition coefficient (Wildman–Crippen LogP) is 3.85. The molecule has 30 heavy (non-hydrogen) atoms. The highest BCUT2D eigenvalue weighted by atomic mass is 32.2. The molecule has 0 fully saturated rings. The molecular formula is C21H19FN2O4S2. The number of carbonyl (C=O) groups excluding carboxylic acids is 2. The molecule has 6 nitrogen and oxygen atoms in total. The summed E-state index contributed by atoms with van der Waals surface area (Å²) in [4.78, 5) is 24.8. The summed E-state index contributed by atoms with van der Waals surface area (Å²) in [7, 11) is -3.62. The van der Waals surface area contributed by atoms with E-state index in [1.807, 2.05) is 30.3 Å². The lowest BCUT2D eigenvalue weighted by Gasteiger charge is -2.06. The summed E-state index contributed by atoms with van der Waals surface area (Å²) in [6.07, 6.45) is 0.0194. The molecule has 0 unspecified atom stereocenters. The van der Waals surface area contributed by atoms with E-state index in [0.717, 1.165) is 22.6 Å². The van der Waals surface area contributed by atoms with Crippen LogP contribution in [0.25, 0.3) is 10.4 Å². The zero-order valence-electron chi connectivity index (χ0n) is 15.8. The van der Waals surface area contributed by atoms with Crippen LogP contribution in [0.3, 0.4) is 0 Å². The lowest BCUT2D eigenvalue weighted by molar-refractivity contribution is -0.116. The topological polar surface area (TPSA) is 106 Å². The molecule has 3 aromatic rings. The molecule has 0 aliphatic heterocycles. The first-order valence-electron chi connectivity index (χ1n) is 9.03. The first-order chi connectivity index (χ1) is 14.3. The highest BCUT2D eigenvalue weighted by Gasteiger charge is 2.18. The van der Waals surface area contributed by atoms with E-state index in [1.165, 1.54) is 23.5 Å². The number of rotatable bonds is 8. The first-order valence-corrected chi connectivity index (χ1v) is 11.5. The number of benzene rings is 2. The molecule has 0 atom stereocenters. The van der Waals surface area contributed by atoms with Crippen molar-refractivity contribution in [2.75, 3.05) is 11.1 Å². The standard InChI is InChI=1S/C21H19FN2O4S2/c22-15-8-10-16(11-9-15)30(27,28)12-4-7-19(25)24-21-17(20(23)26)13-18(29-21)14-5-2-1-3-6-14/h1-3,5-6,8-11,13H,4,7,12H2,(H2,23,26)(H,24,25). The van der Waals surface area contributed by atoms with Crippen LogP contribution in [0.5, 0.6) is 0 Å². The second-order valence-corrected chi connectivity index (χ2v) is 9.67. The molecule has 2 aromatic carbocycles. The van der Waals surface area contributed by atoms with Crippen molar-refractivity contribution in [2.45, 2.75) is 17.7 Å². The fourth-order valence-corrected chi connectivity index (χ4v) is 5.18. The van der Waals surface area contributed by atoms with Crippen LogP contribution in [-0.2, 0) is 14.6 Å². The van der Waals surface area contributed by atoms with Crippen molar-refractivity contribution in [2.24, 2.45) is 5.73 Å². The first kappa shape index (κ1) is 21.7. The minimum atomic E-state index is -3.62. The molecule has 0 spiro atoms. The third kappa shape index (κ3) is 5.31. The fourth-order valence-electron chi connectivity index (χ4n) is 2.78. The number of nitrogens with one attached hydrogen (secondary N) is 1. The van der Waals surface area contributed by atoms with Crippen molar-refractivity contribution in [1.29, 1.82) is 0 Å². The van der Waals surface area contributed by atoms with Crippen LogP contribution >= 0.6 is 11.3 Å². The highest BCUT2D eigenvalue weighted by molar-refractivity contribution is 7.91. The molecule has 0 saturated heterocycles. The van der Waals surface area contributed by atoms with Gasteiger partial charge in [0.05, 0.1) is 16.2 Å². The van der Waals surface area contributed by atoms with Crippen LogP contribution < -0.4 is 11.1 Å². The number of amides is 2. The quantitative estimate of drug-likeness (QED) is 0.513. The number of nitrogens with two attached hydrogens (primary N) is 1. The summed E-state index contributed by atoms with van der Waals surface area (Å²) in [6, 6.07) is 15.5. The lowest BCUT2D eigenvalue weighted by atomic mass is 10.1. The number of carbonyl (C=O) groups is 2. The Morgan fingerprint density at radius 3 is 2.33 bits per heavy atom. The second kappa shape index (κ2) is 9.19. The highest BCUT2D eigenvalue weighted by Crippen LogP contribution is 2.35. The summed E-state index contributed by atoms with van der Waals surface area (Å²) >= 11 is 1.22. The third-order valence-corrected chi connectivity index (χ3v) is 7.21. The smallest absolute Gasteiger partial charge is 0.251 e. The van der Waals surface area contributed by atoms with Gasteiger partial charge in [0.2, 0.25) is 5.91 Å². The van der Waals surface area contributed by atoms with Crippen LogP contribution in [0.1, 0.15) is 23.2 Å². The van der Waals surface area contributed by atoms with Gasteiger partial charge in [0.1, 0.15) is 10.8 Å². The van der Waals surface area contributed by atoms with E-state index >= 15 is 0 Å². The van der Waals surface area contributed by atoms with Gasteiger partial charge in [-0.3, -0.25) is 9.59 Å². The fraction of sp³-hybridized carbons (Fsp3) is 0.143. The van der Waals surface area contributed by atoms with Gasteiger partial charge in [-0.05, 0) is 42.3 Å². The van der Waals surface area contributed by atoms with Gasteiger partial charge in [-0.2, -0.15) is 0 Å². The van der Waals surface area contributed by atoms with E-state index in [-0.39, 0.29) is 29.1 Å². The van der Waals surface area contributed by atoms with Crippen molar-refractivity contribution in [1.82, 2.24) is 0 Å². The summed E-state index contributed by atoms with van der Waals surface area (Å²) in [5.41, 5.74) is 6.51. The van der Waals surface area contributed by atoms with Gasteiger partial charge in [-0.1, -0.05) is 30.3 Å². The molecule has 156 valence electrons. The van der Waals surface area contributed by atoms with E-state index in [0.29, 0.717) is 5.00 Å². The maximum atomic E-state index is 13.0. The van der Waals surface area contributed by atoms with Crippen molar-refractivity contribution in [3.05, 3.63) is 72.0 Å². The number of hydrogen-bond donors (Lipinski definition) is 2. The molecular weight excluding hydrogens is 427 g/mol. The van der Waals surface area contributed by atoms with E-state index in [2.05, 4.69) is 5.32 Å². The third-order valence-electron chi connectivity index (χ3n) is 4.30. The molecule has 2 amide bonds. The Morgan fingerprint density at radius 1 is 1.03 bits per heavy atom. The molecule has 1 heterocycles. The lowest BCUT2D eigenvalue weighted by Crippen LogP contribution is -2.17. The van der Waals surface area contributed by atoms with Gasteiger partial charge in [0.25, 0.3) is 5.91 Å². The van der Waals surface area contributed by atoms with Crippen LogP contribution in [-0.4, -0.2) is 26.0 Å². The van der Waals surface area contributed by atoms with Gasteiger partial charge in [0.15, 0.2) is 9.84 Å². The zero-order valence-corrected chi connectivity index (χ0v) is 17.4. The van der Waals surface area contributed by atoms with E-state index in [9.17, 15) is 22.4 Å². The summed E-state index contributed by atoms with van der Waals surface area (Å²) in [6.45, 7) is 0. The molecule has 9 heteroatoms. The Hall–Kier alpha value is -3.04. The predicted molar refractivity (Wildman–Crippen MR) is 115 cm³/mol. The number of anilines is 1. The zero-order chi connectivity index (χ0) is 21.7. The largest absolute Gasteiger partial charge is 0.366 e. The van der Waals surface area contributed by atoms with Crippen LogP contribution in [0.15, 0.2) is 65.6 Å². The van der Waals surface area contributed by atoms with Crippen molar-refractivity contribution in [3.8, 4) is 10.4 Å². The van der Waals surface area contributed by atoms with Crippen LogP contribution in [0.4, 0.5) is 9.39 Å². The number of sulfone groups is 1. The Morgan fingerprint density at radius 2 is 1.70 bits per heavy atom. The molecule has 0 aliphatic rings. The molecule has 1 aromatic heterocycles. The minimum Gasteiger partial charge on any atom is -0.366 e. The number of halogens is 1. The molecule has 0 saturated carbocycles. The van der Waals surface area contributed by atoms with Gasteiger partial charge >= 0.3 is 0 Å². The van der Waals surface area contributed by atoms with E-state index < -0.39 is 27.5 Å². The molecule has 0 aliphatic carbocycles. The van der Waals surface area contributed by atoms with Crippen molar-refractivity contribution in [3.63, 3.8) is 0 Å². The van der Waals surface area contributed by atoms with Gasteiger partial charge in [-0.15, -0.1) is 11.3 Å². The molecule has 0 radical (unpaired) electrons. The summed E-state index contributed by atoms with van der Waals surface area (Å²) in [5, 5.41) is 2.98. The van der Waals surface area contributed by atoms with Crippen LogP contribution in [0, 0.1) is 5.82 Å².